The zero-order chi connectivity index (χ0) is 15.7. The van der Waals surface area contributed by atoms with E-state index in [4.69, 9.17) is 0 Å². The third-order valence-electron chi connectivity index (χ3n) is 4.40. The molecule has 0 spiro atoms. The standard InChI is InChI=1S/C17H21N3O2/c1-13-14-6-3-4-7-15(14)17(22)20(13)12-16(21)19-9-5-8-18(2)10-11-19/h3-4,6-7H,1,5,8-12H2,2H3. The first-order valence-corrected chi connectivity index (χ1v) is 7.64. The van der Waals surface area contributed by atoms with Gasteiger partial charge in [0.2, 0.25) is 5.91 Å². The quantitative estimate of drug-likeness (QED) is 0.826. The van der Waals surface area contributed by atoms with Gasteiger partial charge in [-0.25, -0.2) is 0 Å². The van der Waals surface area contributed by atoms with Gasteiger partial charge in [-0.2, -0.15) is 0 Å². The molecule has 0 N–H and O–H groups in total. The molecule has 116 valence electrons. The summed E-state index contributed by atoms with van der Waals surface area (Å²) in [5.74, 6) is -0.126. The number of amides is 2. The SMILES string of the molecule is C=C1c2ccccc2C(=O)N1CC(=O)N1CCCN(C)CC1. The molecule has 0 aliphatic carbocycles. The van der Waals surface area contributed by atoms with E-state index in [1.807, 2.05) is 23.1 Å². The highest BCUT2D eigenvalue weighted by molar-refractivity contribution is 6.10. The third kappa shape index (κ3) is 2.64. The topological polar surface area (TPSA) is 43.9 Å². The van der Waals surface area contributed by atoms with Crippen LogP contribution in [0.3, 0.4) is 0 Å². The van der Waals surface area contributed by atoms with Crippen molar-refractivity contribution in [3.05, 3.63) is 42.0 Å². The first kappa shape index (κ1) is 14.8. The van der Waals surface area contributed by atoms with Crippen molar-refractivity contribution in [2.45, 2.75) is 6.42 Å². The number of carbonyl (C=O) groups excluding carboxylic acids is 2. The van der Waals surface area contributed by atoms with Crippen molar-refractivity contribution in [2.75, 3.05) is 39.8 Å². The summed E-state index contributed by atoms with van der Waals surface area (Å²) in [5.41, 5.74) is 2.09. The Morgan fingerprint density at radius 1 is 1.14 bits per heavy atom. The number of likely N-dealkylation sites (N-methyl/N-ethyl adjacent to an activating group) is 1. The first-order chi connectivity index (χ1) is 10.6. The first-order valence-electron chi connectivity index (χ1n) is 7.64. The van der Waals surface area contributed by atoms with Gasteiger partial charge in [-0.3, -0.25) is 14.5 Å². The summed E-state index contributed by atoms with van der Waals surface area (Å²) < 4.78 is 0. The maximum Gasteiger partial charge on any atom is 0.259 e. The average molecular weight is 299 g/mol. The Labute approximate surface area is 130 Å². The van der Waals surface area contributed by atoms with Crippen LogP contribution in [0.25, 0.3) is 5.70 Å². The Morgan fingerprint density at radius 2 is 1.86 bits per heavy atom. The Balaban J connectivity index is 1.70. The monoisotopic (exact) mass is 299 g/mol. The molecule has 1 fully saturated rings. The molecule has 1 aromatic carbocycles. The average Bonchev–Trinajstić information content (AvgIpc) is 2.69. The summed E-state index contributed by atoms with van der Waals surface area (Å²) in [6.07, 6.45) is 0.970. The van der Waals surface area contributed by atoms with Crippen LogP contribution in [0, 0.1) is 0 Å². The normalized spacial score (nSPS) is 19.3. The Kier molecular flexibility index (Phi) is 3.98. The van der Waals surface area contributed by atoms with Crippen molar-refractivity contribution < 1.29 is 9.59 Å². The van der Waals surface area contributed by atoms with E-state index in [0.29, 0.717) is 11.3 Å². The van der Waals surface area contributed by atoms with Crippen molar-refractivity contribution >= 4 is 17.5 Å². The van der Waals surface area contributed by atoms with Crippen LogP contribution in [0.1, 0.15) is 22.3 Å². The van der Waals surface area contributed by atoms with Crippen LogP contribution in [-0.4, -0.2) is 66.3 Å². The molecule has 0 radical (unpaired) electrons. The number of nitrogens with zero attached hydrogens (tertiary/aromatic N) is 3. The van der Waals surface area contributed by atoms with Crippen LogP contribution in [-0.2, 0) is 4.79 Å². The van der Waals surface area contributed by atoms with Crippen molar-refractivity contribution in [3.63, 3.8) is 0 Å². The molecule has 3 rings (SSSR count). The Hall–Kier alpha value is -2.14. The zero-order valence-corrected chi connectivity index (χ0v) is 12.9. The van der Waals surface area contributed by atoms with Gasteiger partial charge < -0.3 is 9.80 Å². The van der Waals surface area contributed by atoms with Gasteiger partial charge in [0, 0.05) is 36.5 Å². The van der Waals surface area contributed by atoms with Gasteiger partial charge in [0.1, 0.15) is 6.54 Å². The second-order valence-electron chi connectivity index (χ2n) is 5.92. The van der Waals surface area contributed by atoms with Crippen molar-refractivity contribution in [1.29, 1.82) is 0 Å². The summed E-state index contributed by atoms with van der Waals surface area (Å²) in [5, 5.41) is 0. The van der Waals surface area contributed by atoms with Crippen molar-refractivity contribution in [2.24, 2.45) is 0 Å². The minimum atomic E-state index is -0.124. The molecule has 2 heterocycles. The molecule has 5 heteroatoms. The van der Waals surface area contributed by atoms with Gasteiger partial charge in [-0.15, -0.1) is 0 Å². The van der Waals surface area contributed by atoms with E-state index in [0.717, 1.165) is 38.2 Å². The summed E-state index contributed by atoms with van der Waals surface area (Å²) >= 11 is 0. The van der Waals surface area contributed by atoms with E-state index in [2.05, 4.69) is 18.5 Å². The Bertz CT molecular complexity index is 591. The molecule has 5 nitrogen and oxygen atoms in total. The maximum atomic E-state index is 12.5. The molecule has 0 unspecified atom stereocenters. The smallest absolute Gasteiger partial charge is 0.259 e. The van der Waals surface area contributed by atoms with E-state index < -0.39 is 0 Å². The van der Waals surface area contributed by atoms with Crippen molar-refractivity contribution in [3.8, 4) is 0 Å². The predicted molar refractivity (Wildman–Crippen MR) is 85.2 cm³/mol. The number of rotatable bonds is 2. The second-order valence-corrected chi connectivity index (χ2v) is 5.92. The molecule has 2 amide bonds. The van der Waals surface area contributed by atoms with Gasteiger partial charge in [-0.05, 0) is 26.1 Å². The molecule has 1 saturated heterocycles. The van der Waals surface area contributed by atoms with Crippen LogP contribution in [0.2, 0.25) is 0 Å². The maximum absolute atomic E-state index is 12.5. The molecule has 22 heavy (non-hydrogen) atoms. The van der Waals surface area contributed by atoms with E-state index in [9.17, 15) is 9.59 Å². The highest BCUT2D eigenvalue weighted by Crippen LogP contribution is 2.30. The molecular weight excluding hydrogens is 278 g/mol. The molecule has 2 aliphatic rings. The fraction of sp³-hybridized carbons (Fsp3) is 0.412. The van der Waals surface area contributed by atoms with E-state index in [-0.39, 0.29) is 18.4 Å². The summed E-state index contributed by atoms with van der Waals surface area (Å²) in [7, 11) is 2.07. The van der Waals surface area contributed by atoms with Crippen LogP contribution < -0.4 is 0 Å². The largest absolute Gasteiger partial charge is 0.340 e. The van der Waals surface area contributed by atoms with Gasteiger partial charge in [0.05, 0.1) is 0 Å². The van der Waals surface area contributed by atoms with Crippen LogP contribution in [0.15, 0.2) is 30.8 Å². The lowest BCUT2D eigenvalue weighted by Gasteiger charge is -2.24. The third-order valence-corrected chi connectivity index (χ3v) is 4.40. The number of carbonyl (C=O) groups is 2. The molecule has 0 saturated carbocycles. The molecular formula is C17H21N3O2. The van der Waals surface area contributed by atoms with Crippen LogP contribution >= 0.6 is 0 Å². The number of hydrogen-bond acceptors (Lipinski definition) is 3. The fourth-order valence-corrected chi connectivity index (χ4v) is 3.03. The molecule has 0 aromatic heterocycles. The lowest BCUT2D eigenvalue weighted by molar-refractivity contribution is -0.131. The number of hydrogen-bond donors (Lipinski definition) is 0. The summed E-state index contributed by atoms with van der Waals surface area (Å²) in [4.78, 5) is 30.5. The zero-order valence-electron chi connectivity index (χ0n) is 12.9. The minimum Gasteiger partial charge on any atom is -0.340 e. The minimum absolute atomic E-state index is 0.00222. The van der Waals surface area contributed by atoms with E-state index in [1.54, 1.807) is 6.07 Å². The summed E-state index contributed by atoms with van der Waals surface area (Å²) in [6.45, 7) is 7.42. The van der Waals surface area contributed by atoms with Crippen molar-refractivity contribution in [1.82, 2.24) is 14.7 Å². The van der Waals surface area contributed by atoms with Crippen LogP contribution in [0.4, 0.5) is 0 Å². The Morgan fingerprint density at radius 3 is 2.59 bits per heavy atom. The summed E-state index contributed by atoms with van der Waals surface area (Å²) in [6, 6.07) is 7.38. The van der Waals surface area contributed by atoms with Gasteiger partial charge in [0.25, 0.3) is 5.91 Å². The number of fused-ring (bicyclic) bond motifs is 1. The van der Waals surface area contributed by atoms with Gasteiger partial charge >= 0.3 is 0 Å². The second kappa shape index (κ2) is 5.93. The molecule has 0 bridgehead atoms. The fourth-order valence-electron chi connectivity index (χ4n) is 3.03. The molecule has 0 atom stereocenters. The highest BCUT2D eigenvalue weighted by Gasteiger charge is 2.33. The van der Waals surface area contributed by atoms with Gasteiger partial charge in [0.15, 0.2) is 0 Å². The predicted octanol–water partition coefficient (Wildman–Crippen LogP) is 1.28. The lowest BCUT2D eigenvalue weighted by atomic mass is 10.1. The van der Waals surface area contributed by atoms with Crippen LogP contribution in [0.5, 0.6) is 0 Å². The molecule has 2 aliphatic heterocycles. The number of benzene rings is 1. The van der Waals surface area contributed by atoms with E-state index >= 15 is 0 Å². The lowest BCUT2D eigenvalue weighted by Crippen LogP contribution is -2.41. The van der Waals surface area contributed by atoms with Gasteiger partial charge in [-0.1, -0.05) is 24.8 Å². The highest BCUT2D eigenvalue weighted by atomic mass is 16.2. The van der Waals surface area contributed by atoms with E-state index in [1.165, 1.54) is 4.90 Å². The molecule has 1 aromatic rings.